The summed E-state index contributed by atoms with van der Waals surface area (Å²) in [6.07, 6.45) is -1.58. The van der Waals surface area contributed by atoms with Crippen molar-refractivity contribution >= 4 is 79.5 Å². The lowest BCUT2D eigenvalue weighted by Gasteiger charge is -2.49. The number of fused-ring (bicyclic) bond motifs is 1. The van der Waals surface area contributed by atoms with E-state index in [2.05, 4.69) is 36.7 Å². The Bertz CT molecular complexity index is 1830. The number of benzene rings is 2. The standard InChI is InChI=1S/C28H23BrN6O10S2/c29-14-6-12(7-16(36)20(14)37)22(38)31-8-13-9-46-25-18(24(40)35(25)19(13)26(41)42)33-23(39)17(15-10-47-28(30)32-15)34-45-21(27(43)44)11-4-2-1-3-5-11/h1-7,10,18,21,25,36-37H,8-9H2,(H2,30,32)(H,31,38)(H,33,39)(H,41,42)(H,43,44)/b34-17-/t18-,21?,25-/m1/s1. The van der Waals surface area contributed by atoms with Gasteiger partial charge in [-0.25, -0.2) is 14.6 Å². The molecular formula is C28H23BrN6O10S2. The molecule has 3 atom stereocenters. The molecule has 2 aliphatic rings. The van der Waals surface area contributed by atoms with E-state index in [0.717, 1.165) is 34.1 Å². The molecule has 3 aromatic rings. The van der Waals surface area contributed by atoms with Gasteiger partial charge in [-0.05, 0) is 33.6 Å². The lowest BCUT2D eigenvalue weighted by molar-refractivity contribution is -0.151. The number of aromatic nitrogens is 1. The summed E-state index contributed by atoms with van der Waals surface area (Å²) >= 11 is 5.14. The van der Waals surface area contributed by atoms with Crippen LogP contribution in [0.3, 0.4) is 0 Å². The van der Waals surface area contributed by atoms with Crippen molar-refractivity contribution in [3.63, 3.8) is 0 Å². The molecule has 1 fully saturated rings. The van der Waals surface area contributed by atoms with Crippen molar-refractivity contribution in [2.45, 2.75) is 17.5 Å². The number of phenolic OH excluding ortho intramolecular Hbond substituents is 2. The smallest absolute Gasteiger partial charge is 0.352 e. The Morgan fingerprint density at radius 3 is 2.51 bits per heavy atom. The van der Waals surface area contributed by atoms with Crippen molar-refractivity contribution in [3.05, 3.63) is 80.4 Å². The summed E-state index contributed by atoms with van der Waals surface area (Å²) in [5.74, 6) is -6.13. The minimum Gasteiger partial charge on any atom is -0.504 e. The number of hydrogen-bond acceptors (Lipinski definition) is 13. The summed E-state index contributed by atoms with van der Waals surface area (Å²) in [6, 6.07) is 8.99. The van der Waals surface area contributed by atoms with Crippen LogP contribution in [0.1, 0.15) is 27.7 Å². The number of halogens is 1. The number of phenols is 2. The van der Waals surface area contributed by atoms with Gasteiger partial charge in [-0.1, -0.05) is 35.5 Å². The molecule has 1 aromatic heterocycles. The van der Waals surface area contributed by atoms with Crippen LogP contribution < -0.4 is 16.4 Å². The average Bonchev–Trinajstić information content (AvgIpc) is 3.47. The van der Waals surface area contributed by atoms with Crippen LogP contribution >= 0.6 is 39.0 Å². The first kappa shape index (κ1) is 33.2. The van der Waals surface area contributed by atoms with Crippen LogP contribution in [0, 0.1) is 0 Å². The van der Waals surface area contributed by atoms with Crippen molar-refractivity contribution in [2.75, 3.05) is 18.0 Å². The Kier molecular flexibility index (Phi) is 9.68. The van der Waals surface area contributed by atoms with Crippen LogP contribution in [0.4, 0.5) is 5.13 Å². The maximum absolute atomic E-state index is 13.4. The number of aromatic hydroxyl groups is 2. The third-order valence-electron chi connectivity index (χ3n) is 6.86. The topological polar surface area (TPSA) is 254 Å². The number of nitrogens with one attached hydrogen (secondary N) is 2. The van der Waals surface area contributed by atoms with Gasteiger partial charge in [0.1, 0.15) is 22.8 Å². The van der Waals surface area contributed by atoms with Crippen LogP contribution in [0.5, 0.6) is 11.5 Å². The number of anilines is 1. The van der Waals surface area contributed by atoms with Gasteiger partial charge in [-0.15, -0.1) is 23.1 Å². The number of aliphatic carboxylic acids is 2. The molecule has 0 spiro atoms. The molecule has 1 saturated heterocycles. The molecule has 47 heavy (non-hydrogen) atoms. The molecule has 3 amide bonds. The first-order valence-corrected chi connectivity index (χ1v) is 16.0. The molecule has 2 aromatic carbocycles. The highest BCUT2D eigenvalue weighted by molar-refractivity contribution is 9.10. The van der Waals surface area contributed by atoms with Crippen LogP contribution in [-0.2, 0) is 24.0 Å². The molecule has 0 bridgehead atoms. The van der Waals surface area contributed by atoms with E-state index in [9.17, 15) is 44.4 Å². The van der Waals surface area contributed by atoms with Gasteiger partial charge in [-0.2, -0.15) is 0 Å². The highest BCUT2D eigenvalue weighted by Crippen LogP contribution is 2.40. The summed E-state index contributed by atoms with van der Waals surface area (Å²) in [7, 11) is 0. The number of thiazole rings is 1. The zero-order valence-corrected chi connectivity index (χ0v) is 26.8. The van der Waals surface area contributed by atoms with Crippen LogP contribution in [0.25, 0.3) is 0 Å². The third kappa shape index (κ3) is 6.86. The molecule has 0 saturated carbocycles. The number of nitrogens with zero attached hydrogens (tertiary/aromatic N) is 3. The normalized spacial score (nSPS) is 18.1. The predicted molar refractivity (Wildman–Crippen MR) is 170 cm³/mol. The van der Waals surface area contributed by atoms with Gasteiger partial charge in [0.15, 0.2) is 22.3 Å². The summed E-state index contributed by atoms with van der Waals surface area (Å²) in [6.45, 7) is -0.258. The predicted octanol–water partition coefficient (Wildman–Crippen LogP) is 1.61. The molecule has 1 unspecified atom stereocenters. The third-order valence-corrected chi connectivity index (χ3v) is 9.48. The van der Waals surface area contributed by atoms with Crippen LogP contribution in [0.2, 0.25) is 0 Å². The average molecular weight is 748 g/mol. The van der Waals surface area contributed by atoms with Crippen LogP contribution in [-0.4, -0.2) is 89.4 Å². The molecule has 19 heteroatoms. The Balaban J connectivity index is 1.32. The number of nitrogen functional groups attached to an aromatic ring is 1. The Labute approximate surface area is 281 Å². The lowest BCUT2D eigenvalue weighted by Crippen LogP contribution is -2.71. The number of thioether (sulfide) groups is 1. The number of rotatable bonds is 11. The number of carbonyl (C=O) groups is 5. The van der Waals surface area contributed by atoms with Gasteiger partial charge in [0.25, 0.3) is 17.7 Å². The number of carboxylic acids is 2. The van der Waals surface area contributed by atoms with Gasteiger partial charge >= 0.3 is 11.9 Å². The van der Waals surface area contributed by atoms with Gasteiger partial charge in [0.2, 0.25) is 6.10 Å². The summed E-state index contributed by atoms with van der Waals surface area (Å²) in [5.41, 5.74) is 5.30. The maximum atomic E-state index is 13.4. The molecule has 2 aliphatic heterocycles. The van der Waals surface area contributed by atoms with Gasteiger partial charge < -0.3 is 41.6 Å². The van der Waals surface area contributed by atoms with E-state index in [1.165, 1.54) is 23.6 Å². The lowest BCUT2D eigenvalue weighted by atomic mass is 10.0. The highest BCUT2D eigenvalue weighted by atomic mass is 79.9. The summed E-state index contributed by atoms with van der Waals surface area (Å²) in [4.78, 5) is 73.8. The van der Waals surface area contributed by atoms with E-state index < -0.39 is 64.4 Å². The number of amides is 3. The maximum Gasteiger partial charge on any atom is 0.352 e. The fourth-order valence-corrected chi connectivity index (χ4v) is 6.96. The minimum absolute atomic E-state index is 0.0180. The zero-order valence-electron chi connectivity index (χ0n) is 23.6. The highest BCUT2D eigenvalue weighted by Gasteiger charge is 2.54. The van der Waals surface area contributed by atoms with Crippen molar-refractivity contribution in [2.24, 2.45) is 5.16 Å². The van der Waals surface area contributed by atoms with Gasteiger partial charge in [0.05, 0.1) is 4.47 Å². The molecule has 0 radical (unpaired) electrons. The first-order chi connectivity index (χ1) is 22.4. The van der Waals surface area contributed by atoms with E-state index in [0.29, 0.717) is 0 Å². The van der Waals surface area contributed by atoms with E-state index in [1.807, 2.05) is 0 Å². The fourth-order valence-electron chi connectivity index (χ4n) is 4.62. The molecule has 16 nitrogen and oxygen atoms in total. The summed E-state index contributed by atoms with van der Waals surface area (Å²) in [5, 5.41) is 48.6. The van der Waals surface area contributed by atoms with Crippen molar-refractivity contribution < 1.29 is 49.2 Å². The van der Waals surface area contributed by atoms with Crippen LogP contribution in [0.15, 0.2) is 68.7 Å². The largest absolute Gasteiger partial charge is 0.504 e. The van der Waals surface area contributed by atoms with E-state index in [4.69, 9.17) is 10.6 Å². The second kappa shape index (κ2) is 13.7. The SMILES string of the molecule is Nc1nc(/C(=N/OC(C(=O)O)c2ccccc2)C(=O)N[C@@H]2C(=O)N3C(C(=O)O)=C(CNC(=O)c4cc(O)c(O)c(Br)c4)CS[C@H]23)cs1. The fraction of sp³-hybridized carbons (Fsp3) is 0.179. The molecule has 5 rings (SSSR count). The molecular weight excluding hydrogens is 724 g/mol. The second-order valence-corrected chi connectivity index (χ2v) is 12.7. The first-order valence-electron chi connectivity index (χ1n) is 13.3. The number of oxime groups is 1. The molecule has 3 heterocycles. The van der Waals surface area contributed by atoms with Crippen molar-refractivity contribution in [1.82, 2.24) is 20.5 Å². The monoisotopic (exact) mass is 746 g/mol. The quantitative estimate of drug-likeness (QED) is 0.0638. The Hall–Kier alpha value is -5.14. The minimum atomic E-state index is -1.58. The zero-order chi connectivity index (χ0) is 34.0. The van der Waals surface area contributed by atoms with Gasteiger partial charge in [0, 0.05) is 28.8 Å². The van der Waals surface area contributed by atoms with E-state index >= 15 is 0 Å². The molecule has 8 N–H and O–H groups in total. The number of β-lactam (4-membered cyclic amide) rings is 1. The number of hydrogen-bond donors (Lipinski definition) is 7. The van der Waals surface area contributed by atoms with Crippen molar-refractivity contribution in [1.29, 1.82) is 0 Å². The Morgan fingerprint density at radius 1 is 1.17 bits per heavy atom. The number of nitrogens with two attached hydrogens (primary N) is 1. The van der Waals surface area contributed by atoms with E-state index in [1.54, 1.807) is 18.2 Å². The number of carboxylic acid groups (broad SMARTS) is 2. The Morgan fingerprint density at radius 2 is 1.89 bits per heavy atom. The molecule has 0 aliphatic carbocycles. The second-order valence-electron chi connectivity index (χ2n) is 9.87. The number of carbonyl (C=O) groups excluding carboxylic acids is 3. The van der Waals surface area contributed by atoms with Crippen molar-refractivity contribution in [3.8, 4) is 11.5 Å². The van der Waals surface area contributed by atoms with E-state index in [-0.39, 0.29) is 50.0 Å². The summed E-state index contributed by atoms with van der Waals surface area (Å²) < 4.78 is 0.0688. The molecule has 244 valence electrons. The van der Waals surface area contributed by atoms with Gasteiger partial charge in [-0.3, -0.25) is 19.3 Å².